The summed E-state index contributed by atoms with van der Waals surface area (Å²) in [6.45, 7) is 4.43. The molecule has 1 heterocycles. The van der Waals surface area contributed by atoms with E-state index in [-0.39, 0.29) is 0 Å². The Morgan fingerprint density at radius 1 is 0.800 bits per heavy atom. The highest BCUT2D eigenvalue weighted by atomic mass is 35.5. The molecule has 1 aromatic heterocycles. The second kappa shape index (κ2) is 14.6. The first-order chi connectivity index (χ1) is 17.1. The van der Waals surface area contributed by atoms with Gasteiger partial charge in [0, 0.05) is 23.0 Å². The van der Waals surface area contributed by atoms with E-state index in [0.717, 1.165) is 42.4 Å². The molecule has 0 radical (unpaired) electrons. The standard InChI is InChI=1S/C30H37ClN2O2/c1-3-5-7-8-9-11-13-24-14-15-26(20-28(24)31)30(34)35-27-18-16-25(17-19-27)29-32-21-23(22-33-29)12-10-6-4-2/h14-22H,3-13H2,1-2H3. The summed E-state index contributed by atoms with van der Waals surface area (Å²) >= 11 is 6.45. The normalized spacial score (nSPS) is 10.9. The van der Waals surface area contributed by atoms with Gasteiger partial charge in [-0.05, 0) is 73.2 Å². The minimum absolute atomic E-state index is 0.418. The number of nitrogens with zero attached hydrogens (tertiary/aromatic N) is 2. The predicted molar refractivity (Wildman–Crippen MR) is 144 cm³/mol. The summed E-state index contributed by atoms with van der Waals surface area (Å²) < 4.78 is 5.56. The largest absolute Gasteiger partial charge is 0.423 e. The van der Waals surface area contributed by atoms with Crippen LogP contribution < -0.4 is 4.74 Å². The first kappa shape index (κ1) is 26.9. The number of aryl methyl sites for hydroxylation is 2. The molecule has 0 unspecified atom stereocenters. The Hall–Kier alpha value is -2.72. The minimum Gasteiger partial charge on any atom is -0.423 e. The third-order valence-electron chi connectivity index (χ3n) is 6.19. The zero-order chi connectivity index (χ0) is 24.9. The van der Waals surface area contributed by atoms with Gasteiger partial charge in [-0.25, -0.2) is 14.8 Å². The molecule has 35 heavy (non-hydrogen) atoms. The number of halogens is 1. The average molecular weight is 493 g/mol. The molecule has 3 rings (SSSR count). The predicted octanol–water partition coefficient (Wildman–Crippen LogP) is 8.65. The summed E-state index contributed by atoms with van der Waals surface area (Å²) in [5.41, 5.74) is 3.57. The molecule has 0 atom stereocenters. The molecule has 5 heteroatoms. The van der Waals surface area contributed by atoms with Crippen LogP contribution in [0, 0.1) is 0 Å². The maximum atomic E-state index is 12.6. The average Bonchev–Trinajstić information content (AvgIpc) is 2.88. The molecule has 0 spiro atoms. The van der Waals surface area contributed by atoms with E-state index in [1.54, 1.807) is 24.3 Å². The Kier molecular flexibility index (Phi) is 11.2. The van der Waals surface area contributed by atoms with Crippen LogP contribution in [-0.4, -0.2) is 15.9 Å². The molecule has 0 aliphatic carbocycles. The number of unbranched alkanes of at least 4 members (excludes halogenated alkanes) is 7. The number of ether oxygens (including phenoxy) is 1. The number of aromatic nitrogens is 2. The molecular weight excluding hydrogens is 456 g/mol. The highest BCUT2D eigenvalue weighted by molar-refractivity contribution is 6.31. The number of benzene rings is 2. The summed E-state index contributed by atoms with van der Waals surface area (Å²) in [5, 5.41) is 0.624. The Balaban J connectivity index is 1.52. The highest BCUT2D eigenvalue weighted by Gasteiger charge is 2.12. The third kappa shape index (κ3) is 8.78. The van der Waals surface area contributed by atoms with Crippen LogP contribution in [0.2, 0.25) is 5.02 Å². The summed E-state index contributed by atoms with van der Waals surface area (Å²) in [6.07, 6.45) is 16.8. The Bertz CT molecular complexity index is 1050. The van der Waals surface area contributed by atoms with E-state index in [1.807, 2.05) is 30.6 Å². The maximum Gasteiger partial charge on any atom is 0.343 e. The number of rotatable bonds is 14. The van der Waals surface area contributed by atoms with Crippen molar-refractivity contribution in [2.24, 2.45) is 0 Å². The van der Waals surface area contributed by atoms with Crippen LogP contribution in [0.4, 0.5) is 0 Å². The smallest absolute Gasteiger partial charge is 0.343 e. The van der Waals surface area contributed by atoms with Gasteiger partial charge in [-0.3, -0.25) is 0 Å². The van der Waals surface area contributed by atoms with Gasteiger partial charge in [0.15, 0.2) is 5.82 Å². The van der Waals surface area contributed by atoms with E-state index in [9.17, 15) is 4.79 Å². The fourth-order valence-electron chi connectivity index (χ4n) is 4.02. The van der Waals surface area contributed by atoms with Crippen LogP contribution in [0.5, 0.6) is 5.75 Å². The van der Waals surface area contributed by atoms with Crippen molar-refractivity contribution in [1.82, 2.24) is 9.97 Å². The number of hydrogen-bond acceptors (Lipinski definition) is 4. The molecule has 0 fully saturated rings. The Labute approximate surface area is 215 Å². The summed E-state index contributed by atoms with van der Waals surface area (Å²) in [7, 11) is 0. The molecule has 2 aromatic carbocycles. The molecule has 0 saturated heterocycles. The number of carbonyl (C=O) groups is 1. The summed E-state index contributed by atoms with van der Waals surface area (Å²) in [6, 6.07) is 12.7. The van der Waals surface area contributed by atoms with Crippen molar-refractivity contribution in [1.29, 1.82) is 0 Å². The monoisotopic (exact) mass is 492 g/mol. The van der Waals surface area contributed by atoms with E-state index in [1.165, 1.54) is 44.9 Å². The second-order valence-corrected chi connectivity index (χ2v) is 9.52. The number of esters is 1. The third-order valence-corrected chi connectivity index (χ3v) is 6.54. The Morgan fingerprint density at radius 3 is 2.11 bits per heavy atom. The molecule has 0 N–H and O–H groups in total. The van der Waals surface area contributed by atoms with Gasteiger partial charge in [0.2, 0.25) is 0 Å². The lowest BCUT2D eigenvalue weighted by Gasteiger charge is -2.09. The highest BCUT2D eigenvalue weighted by Crippen LogP contribution is 2.23. The van der Waals surface area contributed by atoms with Crippen LogP contribution in [0.15, 0.2) is 54.9 Å². The van der Waals surface area contributed by atoms with Crippen molar-refractivity contribution in [3.05, 3.63) is 76.6 Å². The first-order valence-electron chi connectivity index (χ1n) is 13.0. The van der Waals surface area contributed by atoms with Crippen LogP contribution in [0.1, 0.15) is 93.1 Å². The zero-order valence-corrected chi connectivity index (χ0v) is 21.8. The summed E-state index contributed by atoms with van der Waals surface area (Å²) in [5.74, 6) is 0.718. The van der Waals surface area contributed by atoms with Gasteiger partial charge in [-0.1, -0.05) is 76.5 Å². The minimum atomic E-state index is -0.418. The van der Waals surface area contributed by atoms with Gasteiger partial charge in [0.1, 0.15) is 5.75 Å². The van der Waals surface area contributed by atoms with Crippen molar-refractivity contribution in [3.8, 4) is 17.1 Å². The van der Waals surface area contributed by atoms with Gasteiger partial charge in [0.05, 0.1) is 5.56 Å². The van der Waals surface area contributed by atoms with Gasteiger partial charge in [0.25, 0.3) is 0 Å². The van der Waals surface area contributed by atoms with Crippen molar-refractivity contribution >= 4 is 17.6 Å². The maximum absolute atomic E-state index is 12.6. The topological polar surface area (TPSA) is 52.1 Å². The molecule has 0 aliphatic rings. The first-order valence-corrected chi connectivity index (χ1v) is 13.4. The van der Waals surface area contributed by atoms with Gasteiger partial charge < -0.3 is 4.74 Å². The molecule has 0 amide bonds. The van der Waals surface area contributed by atoms with E-state index < -0.39 is 5.97 Å². The van der Waals surface area contributed by atoms with Crippen LogP contribution in [0.25, 0.3) is 11.4 Å². The van der Waals surface area contributed by atoms with Crippen molar-refractivity contribution in [3.63, 3.8) is 0 Å². The van der Waals surface area contributed by atoms with E-state index in [2.05, 4.69) is 23.8 Å². The van der Waals surface area contributed by atoms with E-state index >= 15 is 0 Å². The Morgan fingerprint density at radius 2 is 1.43 bits per heavy atom. The lowest BCUT2D eigenvalue weighted by molar-refractivity contribution is 0.0735. The lowest BCUT2D eigenvalue weighted by atomic mass is 10.0. The fraction of sp³-hybridized carbons (Fsp3) is 0.433. The zero-order valence-electron chi connectivity index (χ0n) is 21.1. The van der Waals surface area contributed by atoms with Gasteiger partial charge >= 0.3 is 5.97 Å². The molecule has 3 aromatic rings. The molecule has 0 saturated carbocycles. The van der Waals surface area contributed by atoms with Gasteiger partial charge in [-0.2, -0.15) is 0 Å². The fourth-order valence-corrected chi connectivity index (χ4v) is 4.30. The quantitative estimate of drug-likeness (QED) is 0.128. The van der Waals surface area contributed by atoms with Crippen molar-refractivity contribution in [2.75, 3.05) is 0 Å². The molecule has 186 valence electrons. The second-order valence-electron chi connectivity index (χ2n) is 9.11. The SMILES string of the molecule is CCCCCCCCc1ccc(C(=O)Oc2ccc(-c3ncc(CCCCC)cn3)cc2)cc1Cl. The molecule has 0 aliphatic heterocycles. The van der Waals surface area contributed by atoms with Gasteiger partial charge in [-0.15, -0.1) is 0 Å². The number of hydrogen-bond donors (Lipinski definition) is 0. The molecule has 4 nitrogen and oxygen atoms in total. The lowest BCUT2D eigenvalue weighted by Crippen LogP contribution is -2.08. The molecular formula is C30H37ClN2O2. The van der Waals surface area contributed by atoms with Crippen LogP contribution in [0.3, 0.4) is 0 Å². The van der Waals surface area contributed by atoms with E-state index in [4.69, 9.17) is 16.3 Å². The molecule has 0 bridgehead atoms. The van der Waals surface area contributed by atoms with Crippen LogP contribution in [-0.2, 0) is 12.8 Å². The van der Waals surface area contributed by atoms with Crippen molar-refractivity contribution < 1.29 is 9.53 Å². The summed E-state index contributed by atoms with van der Waals surface area (Å²) in [4.78, 5) is 21.6. The van der Waals surface area contributed by atoms with Crippen molar-refractivity contribution in [2.45, 2.75) is 84.5 Å². The van der Waals surface area contributed by atoms with Crippen LogP contribution >= 0.6 is 11.6 Å². The van der Waals surface area contributed by atoms with E-state index in [0.29, 0.717) is 22.2 Å². The number of carbonyl (C=O) groups excluding carboxylic acids is 1.